The third-order valence-corrected chi connectivity index (χ3v) is 4.01. The first-order valence-corrected chi connectivity index (χ1v) is 7.88. The molecule has 0 aliphatic rings. The van der Waals surface area contributed by atoms with Crippen molar-refractivity contribution in [1.29, 1.82) is 0 Å². The lowest BCUT2D eigenvalue weighted by atomic mass is 10.0. The predicted octanol–water partition coefficient (Wildman–Crippen LogP) is 2.21. The molecule has 3 rings (SSSR count). The summed E-state index contributed by atoms with van der Waals surface area (Å²) in [5, 5.41) is 21.1. The van der Waals surface area contributed by atoms with E-state index in [9.17, 15) is 9.90 Å². The Hall–Kier alpha value is -2.73. The smallest absolute Gasteiger partial charge is 0.251 e. The molecule has 0 saturated carbocycles. The van der Waals surface area contributed by atoms with Crippen molar-refractivity contribution < 1.29 is 9.90 Å². The number of nitrogens with one attached hydrogen (secondary N) is 1. The highest BCUT2D eigenvalue weighted by molar-refractivity contribution is 5.97. The fraction of sp³-hybridized carbons (Fsp3) is 0.278. The summed E-state index contributed by atoms with van der Waals surface area (Å²) in [4.78, 5) is 12.4. The standard InChI is InChI=1S/C18H20N4O2/c1-12(10-17(23)13-6-4-3-5-7-13)19-18(24)14-8-9-16-15(11-14)20-21-22(16)2/h3-9,11-12,17,23H,10H2,1-2H3,(H,19,24)/t12-,17+/m0/s1. The van der Waals surface area contributed by atoms with Gasteiger partial charge < -0.3 is 10.4 Å². The highest BCUT2D eigenvalue weighted by Gasteiger charge is 2.16. The van der Waals surface area contributed by atoms with Crippen molar-refractivity contribution in [3.05, 3.63) is 59.7 Å². The summed E-state index contributed by atoms with van der Waals surface area (Å²) in [5.41, 5.74) is 2.94. The van der Waals surface area contributed by atoms with Gasteiger partial charge in [0.2, 0.25) is 0 Å². The number of aromatic nitrogens is 3. The number of fused-ring (bicyclic) bond motifs is 1. The quantitative estimate of drug-likeness (QED) is 0.754. The molecule has 1 amide bonds. The van der Waals surface area contributed by atoms with Crippen LogP contribution >= 0.6 is 0 Å². The van der Waals surface area contributed by atoms with Crippen molar-refractivity contribution in [3.63, 3.8) is 0 Å². The van der Waals surface area contributed by atoms with Gasteiger partial charge in [-0.05, 0) is 37.1 Å². The molecule has 2 atom stereocenters. The topological polar surface area (TPSA) is 80.0 Å². The van der Waals surface area contributed by atoms with Crippen LogP contribution in [0.15, 0.2) is 48.5 Å². The number of aliphatic hydroxyl groups excluding tert-OH is 1. The highest BCUT2D eigenvalue weighted by Crippen LogP contribution is 2.18. The second kappa shape index (κ2) is 6.80. The average molecular weight is 324 g/mol. The highest BCUT2D eigenvalue weighted by atomic mass is 16.3. The van der Waals surface area contributed by atoms with Crippen molar-refractivity contribution >= 4 is 16.9 Å². The fourth-order valence-corrected chi connectivity index (χ4v) is 2.69. The number of carbonyl (C=O) groups is 1. The summed E-state index contributed by atoms with van der Waals surface area (Å²) in [6, 6.07) is 14.6. The third kappa shape index (κ3) is 3.44. The number of amides is 1. The van der Waals surface area contributed by atoms with Crippen LogP contribution in [-0.2, 0) is 7.05 Å². The van der Waals surface area contributed by atoms with E-state index in [2.05, 4.69) is 15.6 Å². The number of aliphatic hydroxyl groups is 1. The zero-order valence-electron chi connectivity index (χ0n) is 13.7. The number of aryl methyl sites for hydroxylation is 1. The zero-order valence-corrected chi connectivity index (χ0v) is 13.7. The molecule has 0 bridgehead atoms. The van der Waals surface area contributed by atoms with Crippen LogP contribution in [0.2, 0.25) is 0 Å². The molecule has 1 aromatic heterocycles. The van der Waals surface area contributed by atoms with Crippen LogP contribution in [0.3, 0.4) is 0 Å². The maximum absolute atomic E-state index is 12.4. The Morgan fingerprint density at radius 1 is 1.25 bits per heavy atom. The number of benzene rings is 2. The number of hydrogen-bond donors (Lipinski definition) is 2. The van der Waals surface area contributed by atoms with Crippen molar-refractivity contribution in [2.45, 2.75) is 25.5 Å². The second-order valence-corrected chi connectivity index (χ2v) is 5.95. The molecule has 1 heterocycles. The first-order chi connectivity index (χ1) is 11.5. The molecule has 6 nitrogen and oxygen atoms in total. The van der Waals surface area contributed by atoms with Crippen LogP contribution in [0, 0.1) is 0 Å². The van der Waals surface area contributed by atoms with Gasteiger partial charge in [-0.15, -0.1) is 5.10 Å². The summed E-state index contributed by atoms with van der Waals surface area (Å²) in [6.45, 7) is 1.88. The minimum Gasteiger partial charge on any atom is -0.388 e. The van der Waals surface area contributed by atoms with Crippen molar-refractivity contribution in [2.75, 3.05) is 0 Å². The number of carbonyl (C=O) groups excluding carboxylic acids is 1. The van der Waals surface area contributed by atoms with E-state index in [1.54, 1.807) is 16.8 Å². The zero-order chi connectivity index (χ0) is 17.1. The first-order valence-electron chi connectivity index (χ1n) is 7.88. The molecule has 3 aromatic rings. The van der Waals surface area contributed by atoms with Crippen molar-refractivity contribution in [1.82, 2.24) is 20.3 Å². The summed E-state index contributed by atoms with van der Waals surface area (Å²) < 4.78 is 1.66. The summed E-state index contributed by atoms with van der Waals surface area (Å²) in [6.07, 6.45) is -0.160. The first kappa shape index (κ1) is 16.1. The van der Waals surface area contributed by atoms with Gasteiger partial charge in [-0.3, -0.25) is 4.79 Å². The van der Waals surface area contributed by atoms with Gasteiger partial charge in [-0.1, -0.05) is 35.5 Å². The van der Waals surface area contributed by atoms with Gasteiger partial charge in [-0.2, -0.15) is 0 Å². The molecule has 0 saturated heterocycles. The van der Waals surface area contributed by atoms with Crippen LogP contribution in [0.25, 0.3) is 11.0 Å². The number of rotatable bonds is 5. The molecular weight excluding hydrogens is 304 g/mol. The van der Waals surface area contributed by atoms with Crippen LogP contribution in [0.5, 0.6) is 0 Å². The average Bonchev–Trinajstić information content (AvgIpc) is 2.96. The van der Waals surface area contributed by atoms with Crippen LogP contribution < -0.4 is 5.32 Å². The SMILES string of the molecule is C[C@@H](C[C@@H](O)c1ccccc1)NC(=O)c1ccc2c(c1)nnn2C. The molecule has 2 aromatic carbocycles. The minimum absolute atomic E-state index is 0.162. The molecule has 0 fully saturated rings. The lowest BCUT2D eigenvalue weighted by molar-refractivity contribution is 0.0917. The molecule has 0 aliphatic carbocycles. The molecule has 0 radical (unpaired) electrons. The largest absolute Gasteiger partial charge is 0.388 e. The van der Waals surface area contributed by atoms with E-state index in [1.165, 1.54) is 0 Å². The number of hydrogen-bond acceptors (Lipinski definition) is 4. The molecule has 2 N–H and O–H groups in total. The Morgan fingerprint density at radius 2 is 2.00 bits per heavy atom. The van der Waals surface area contributed by atoms with Crippen molar-refractivity contribution in [2.24, 2.45) is 7.05 Å². The van der Waals surface area contributed by atoms with E-state index in [1.807, 2.05) is 50.4 Å². The van der Waals surface area contributed by atoms with E-state index in [0.29, 0.717) is 17.5 Å². The van der Waals surface area contributed by atoms with Gasteiger partial charge in [0, 0.05) is 18.7 Å². The van der Waals surface area contributed by atoms with E-state index in [-0.39, 0.29) is 11.9 Å². The van der Waals surface area contributed by atoms with Crippen molar-refractivity contribution in [3.8, 4) is 0 Å². The molecule has 124 valence electrons. The Bertz CT molecular complexity index is 845. The van der Waals surface area contributed by atoms with Gasteiger partial charge in [0.15, 0.2) is 0 Å². The molecular formula is C18H20N4O2. The fourth-order valence-electron chi connectivity index (χ4n) is 2.69. The van der Waals surface area contributed by atoms with Crippen LogP contribution in [0.4, 0.5) is 0 Å². The maximum Gasteiger partial charge on any atom is 0.251 e. The van der Waals surface area contributed by atoms with Gasteiger partial charge in [0.25, 0.3) is 5.91 Å². The summed E-state index contributed by atoms with van der Waals surface area (Å²) in [7, 11) is 1.81. The maximum atomic E-state index is 12.4. The Labute approximate surface area is 140 Å². The Morgan fingerprint density at radius 3 is 2.75 bits per heavy atom. The number of nitrogens with zero attached hydrogens (tertiary/aromatic N) is 3. The van der Waals surface area contributed by atoms with Crippen LogP contribution in [-0.4, -0.2) is 32.0 Å². The Balaban J connectivity index is 1.64. The summed E-state index contributed by atoms with van der Waals surface area (Å²) in [5.74, 6) is -0.185. The summed E-state index contributed by atoms with van der Waals surface area (Å²) >= 11 is 0. The van der Waals surface area contributed by atoms with Gasteiger partial charge in [0.1, 0.15) is 5.52 Å². The molecule has 0 aliphatic heterocycles. The van der Waals surface area contributed by atoms with E-state index >= 15 is 0 Å². The predicted molar refractivity (Wildman–Crippen MR) is 91.5 cm³/mol. The van der Waals surface area contributed by atoms with E-state index in [0.717, 1.165) is 11.1 Å². The molecule has 24 heavy (non-hydrogen) atoms. The molecule has 0 spiro atoms. The van der Waals surface area contributed by atoms with E-state index < -0.39 is 6.10 Å². The molecule has 0 unspecified atom stereocenters. The van der Waals surface area contributed by atoms with Gasteiger partial charge in [0.05, 0.1) is 11.6 Å². The van der Waals surface area contributed by atoms with Gasteiger partial charge >= 0.3 is 0 Å². The Kier molecular flexibility index (Phi) is 4.57. The monoisotopic (exact) mass is 324 g/mol. The molecule has 6 heteroatoms. The van der Waals surface area contributed by atoms with E-state index in [4.69, 9.17) is 0 Å². The lowest BCUT2D eigenvalue weighted by Crippen LogP contribution is -2.33. The normalized spacial score (nSPS) is 13.6. The lowest BCUT2D eigenvalue weighted by Gasteiger charge is -2.18. The second-order valence-electron chi connectivity index (χ2n) is 5.95. The third-order valence-electron chi connectivity index (χ3n) is 4.01. The van der Waals surface area contributed by atoms with Crippen LogP contribution in [0.1, 0.15) is 35.4 Å². The minimum atomic E-state index is -0.607. The van der Waals surface area contributed by atoms with Gasteiger partial charge in [-0.25, -0.2) is 4.68 Å².